The molecular weight excluding hydrogens is 472 g/mol. The lowest BCUT2D eigenvalue weighted by Crippen LogP contribution is -2.18. The van der Waals surface area contributed by atoms with Crippen LogP contribution in [0.1, 0.15) is 136 Å². The second-order valence-corrected chi connectivity index (χ2v) is 9.91. The zero-order valence-electron chi connectivity index (χ0n) is 24.5. The van der Waals surface area contributed by atoms with E-state index in [0.29, 0.717) is 12.8 Å². The molecule has 0 aromatic rings. The van der Waals surface area contributed by atoms with E-state index >= 15 is 0 Å². The molecule has 4 nitrogen and oxygen atoms in total. The monoisotopic (exact) mass is 528 g/mol. The van der Waals surface area contributed by atoms with Gasteiger partial charge in [0.15, 0.2) is 0 Å². The van der Waals surface area contributed by atoms with E-state index in [4.69, 9.17) is 9.84 Å². The minimum atomic E-state index is -0.739. The first-order valence-corrected chi connectivity index (χ1v) is 15.3. The van der Waals surface area contributed by atoms with Gasteiger partial charge in [-0.15, -0.1) is 0 Å². The number of aliphatic carboxylic acids is 1. The van der Waals surface area contributed by atoms with E-state index in [1.54, 1.807) is 0 Å². The van der Waals surface area contributed by atoms with Gasteiger partial charge in [0.2, 0.25) is 0 Å². The maximum atomic E-state index is 12.4. The third kappa shape index (κ3) is 28.2. The highest BCUT2D eigenvalue weighted by atomic mass is 16.5. The van der Waals surface area contributed by atoms with Gasteiger partial charge in [-0.25, -0.2) is 0 Å². The average molecular weight is 529 g/mol. The molecule has 0 fully saturated rings. The Morgan fingerprint density at radius 2 is 1.11 bits per heavy atom. The van der Waals surface area contributed by atoms with E-state index in [-0.39, 0.29) is 18.5 Å². The summed E-state index contributed by atoms with van der Waals surface area (Å²) < 4.78 is 5.81. The van der Waals surface area contributed by atoms with Gasteiger partial charge in [0, 0.05) is 12.8 Å². The lowest BCUT2D eigenvalue weighted by atomic mass is 10.0. The number of allylic oxidation sites excluding steroid dienone is 10. The first-order chi connectivity index (χ1) is 18.6. The summed E-state index contributed by atoms with van der Waals surface area (Å²) in [7, 11) is 0. The molecule has 1 N–H and O–H groups in total. The van der Waals surface area contributed by atoms with Crippen LogP contribution in [0.25, 0.3) is 0 Å². The van der Waals surface area contributed by atoms with Crippen molar-refractivity contribution in [1.29, 1.82) is 0 Å². The molecule has 0 aliphatic rings. The topological polar surface area (TPSA) is 63.6 Å². The first kappa shape index (κ1) is 35.6. The molecule has 0 amide bonds. The molecule has 38 heavy (non-hydrogen) atoms. The molecule has 0 aliphatic heterocycles. The Balaban J connectivity index is 4.02. The molecule has 1 unspecified atom stereocenters. The maximum Gasteiger partial charge on any atom is 0.306 e. The Kier molecular flexibility index (Phi) is 27.4. The number of rotatable bonds is 26. The van der Waals surface area contributed by atoms with Crippen molar-refractivity contribution in [2.24, 2.45) is 0 Å². The zero-order chi connectivity index (χ0) is 27.9. The van der Waals surface area contributed by atoms with Gasteiger partial charge in [0.05, 0.1) is 0 Å². The quantitative estimate of drug-likeness (QED) is 0.0689. The normalized spacial score (nSPS) is 13.1. The van der Waals surface area contributed by atoms with Gasteiger partial charge in [-0.2, -0.15) is 0 Å². The molecule has 0 radical (unpaired) electrons. The Morgan fingerprint density at radius 3 is 1.63 bits per heavy atom. The van der Waals surface area contributed by atoms with Crippen LogP contribution in [-0.2, 0) is 14.3 Å². The van der Waals surface area contributed by atoms with Crippen LogP contribution in [0.2, 0.25) is 0 Å². The summed E-state index contributed by atoms with van der Waals surface area (Å²) in [5.41, 5.74) is 0. The van der Waals surface area contributed by atoms with Crippen LogP contribution >= 0.6 is 0 Å². The summed E-state index contributed by atoms with van der Waals surface area (Å²) in [4.78, 5) is 23.1. The minimum Gasteiger partial charge on any atom is -0.481 e. The third-order valence-corrected chi connectivity index (χ3v) is 6.25. The van der Waals surface area contributed by atoms with E-state index in [1.807, 2.05) is 0 Å². The maximum absolute atomic E-state index is 12.4. The first-order valence-electron chi connectivity index (χ1n) is 15.3. The molecule has 0 heterocycles. The van der Waals surface area contributed by atoms with E-state index < -0.39 is 5.97 Å². The van der Waals surface area contributed by atoms with Gasteiger partial charge >= 0.3 is 11.9 Å². The van der Waals surface area contributed by atoms with Gasteiger partial charge in [-0.3, -0.25) is 9.59 Å². The highest BCUT2D eigenvalue weighted by Crippen LogP contribution is 2.17. The number of hydrogen-bond acceptors (Lipinski definition) is 3. The standard InChI is InChI=1S/C34H56O4/c1-3-5-7-9-10-11-12-13-14-15-16-17-18-19-20-22-27-31-34(37)38-32(28-24-21-8-6-4-2)29-25-23-26-30-33(35)36/h5,7,10-11,13-14,16-17,19-20,32H,3-4,6,8-9,12,15,18,21-31H2,1-2H3,(H,35,36)/b7-5-,11-10-,14-13-,17-16-,20-19-. The van der Waals surface area contributed by atoms with Crippen molar-refractivity contribution >= 4 is 11.9 Å². The molecule has 4 heteroatoms. The largest absolute Gasteiger partial charge is 0.481 e. The summed E-state index contributed by atoms with van der Waals surface area (Å²) in [6, 6.07) is 0. The lowest BCUT2D eigenvalue weighted by molar-refractivity contribution is -0.150. The van der Waals surface area contributed by atoms with Crippen LogP contribution in [-0.4, -0.2) is 23.1 Å². The average Bonchev–Trinajstić information content (AvgIpc) is 2.89. The number of carboxylic acids is 1. The molecule has 0 aromatic heterocycles. The molecule has 0 spiro atoms. The fourth-order valence-electron chi connectivity index (χ4n) is 4.04. The molecule has 216 valence electrons. The minimum absolute atomic E-state index is 0.0253. The number of unbranched alkanes of at least 4 members (excludes halogenated alkanes) is 7. The molecule has 0 aliphatic carbocycles. The number of carbonyl (C=O) groups is 2. The van der Waals surface area contributed by atoms with E-state index in [9.17, 15) is 9.59 Å². The second kappa shape index (κ2) is 29.2. The van der Waals surface area contributed by atoms with Crippen molar-refractivity contribution in [3.63, 3.8) is 0 Å². The van der Waals surface area contributed by atoms with Crippen molar-refractivity contribution < 1.29 is 19.4 Å². The summed E-state index contributed by atoms with van der Waals surface area (Å²) in [5, 5.41) is 8.79. The van der Waals surface area contributed by atoms with Crippen molar-refractivity contribution in [1.82, 2.24) is 0 Å². The molecule has 0 bridgehead atoms. The van der Waals surface area contributed by atoms with Crippen LogP contribution in [0.15, 0.2) is 60.8 Å². The predicted octanol–water partition coefficient (Wildman–Crippen LogP) is 10.2. The lowest BCUT2D eigenvalue weighted by Gasteiger charge is -2.18. The number of ether oxygens (including phenoxy) is 1. The molecule has 0 rings (SSSR count). The molecule has 0 saturated carbocycles. The van der Waals surface area contributed by atoms with Gasteiger partial charge in [-0.1, -0.05) is 107 Å². The SMILES string of the molecule is CC/C=C\C/C=C\C/C=C\C/C=C\C/C=C\CCCC(=O)OC(CCCCCCC)CCCCCC(=O)O. The van der Waals surface area contributed by atoms with Crippen molar-refractivity contribution in [3.8, 4) is 0 Å². The summed E-state index contributed by atoms with van der Waals surface area (Å²) in [6.45, 7) is 4.36. The summed E-state index contributed by atoms with van der Waals surface area (Å²) in [6.07, 6.45) is 39.5. The van der Waals surface area contributed by atoms with Crippen molar-refractivity contribution in [2.75, 3.05) is 0 Å². The number of hydrogen-bond donors (Lipinski definition) is 1. The fourth-order valence-corrected chi connectivity index (χ4v) is 4.04. The Hall–Kier alpha value is -2.36. The molecule has 0 aromatic carbocycles. The van der Waals surface area contributed by atoms with Crippen molar-refractivity contribution in [2.45, 2.75) is 142 Å². The van der Waals surface area contributed by atoms with Crippen LogP contribution < -0.4 is 0 Å². The zero-order valence-corrected chi connectivity index (χ0v) is 24.5. The van der Waals surface area contributed by atoms with Crippen LogP contribution in [0.5, 0.6) is 0 Å². The highest BCUT2D eigenvalue weighted by molar-refractivity contribution is 5.69. The molecular formula is C34H56O4. The van der Waals surface area contributed by atoms with Gasteiger partial charge in [0.25, 0.3) is 0 Å². The van der Waals surface area contributed by atoms with Gasteiger partial charge in [-0.05, 0) is 77.0 Å². The van der Waals surface area contributed by atoms with E-state index in [2.05, 4.69) is 74.6 Å². The summed E-state index contributed by atoms with van der Waals surface area (Å²) >= 11 is 0. The van der Waals surface area contributed by atoms with E-state index in [0.717, 1.165) is 77.0 Å². The second-order valence-electron chi connectivity index (χ2n) is 9.91. The Morgan fingerprint density at radius 1 is 0.605 bits per heavy atom. The smallest absolute Gasteiger partial charge is 0.306 e. The fraction of sp³-hybridized carbons (Fsp3) is 0.647. The number of carboxylic acid groups (broad SMARTS) is 1. The van der Waals surface area contributed by atoms with Gasteiger partial charge in [0.1, 0.15) is 6.10 Å². The number of esters is 1. The Labute approximate surface area is 234 Å². The van der Waals surface area contributed by atoms with Crippen molar-refractivity contribution in [3.05, 3.63) is 60.8 Å². The third-order valence-electron chi connectivity index (χ3n) is 6.25. The molecule has 0 saturated heterocycles. The van der Waals surface area contributed by atoms with E-state index in [1.165, 1.54) is 25.7 Å². The summed E-state index contributed by atoms with van der Waals surface area (Å²) in [5.74, 6) is -0.835. The van der Waals surface area contributed by atoms with Gasteiger partial charge < -0.3 is 9.84 Å². The number of carbonyl (C=O) groups excluding carboxylic acids is 1. The van der Waals surface area contributed by atoms with Crippen LogP contribution in [0.3, 0.4) is 0 Å². The highest BCUT2D eigenvalue weighted by Gasteiger charge is 2.14. The predicted molar refractivity (Wildman–Crippen MR) is 162 cm³/mol. The van der Waals surface area contributed by atoms with Crippen LogP contribution in [0, 0.1) is 0 Å². The molecule has 1 atom stereocenters. The van der Waals surface area contributed by atoms with Crippen LogP contribution in [0.4, 0.5) is 0 Å². The Bertz CT molecular complexity index is 699.